The highest BCUT2D eigenvalue weighted by molar-refractivity contribution is 7.16. The van der Waals surface area contributed by atoms with Gasteiger partial charge in [-0.05, 0) is 42.7 Å². The van der Waals surface area contributed by atoms with Gasteiger partial charge in [0.25, 0.3) is 5.56 Å². The number of thiophene rings is 1. The van der Waals surface area contributed by atoms with E-state index in [-0.39, 0.29) is 11.2 Å². The number of rotatable bonds is 3. The Bertz CT molecular complexity index is 1620. The second kappa shape index (κ2) is 8.27. The molecule has 0 amide bonds. The van der Waals surface area contributed by atoms with Crippen LogP contribution in [0.15, 0.2) is 75.3 Å². The number of hydrogen-bond donors (Lipinski definition) is 3. The summed E-state index contributed by atoms with van der Waals surface area (Å²) in [4.78, 5) is 14.1. The summed E-state index contributed by atoms with van der Waals surface area (Å²) in [7, 11) is 0. The number of nitrogens with one attached hydrogen (secondary N) is 2. The van der Waals surface area contributed by atoms with Gasteiger partial charge in [0.1, 0.15) is 17.1 Å². The van der Waals surface area contributed by atoms with Crippen molar-refractivity contribution in [2.45, 2.75) is 18.9 Å². The number of benzene rings is 2. The predicted octanol–water partition coefficient (Wildman–Crippen LogP) is 6.13. The fourth-order valence-corrected chi connectivity index (χ4v) is 5.87. The van der Waals surface area contributed by atoms with Crippen molar-refractivity contribution in [2.24, 2.45) is 10.2 Å². The van der Waals surface area contributed by atoms with Crippen LogP contribution in [0, 0.1) is 11.3 Å². The maximum atomic E-state index is 13.1. The molecule has 0 fully saturated rings. The predicted molar refractivity (Wildman–Crippen MR) is 138 cm³/mol. The maximum Gasteiger partial charge on any atom is 0.294 e. The summed E-state index contributed by atoms with van der Waals surface area (Å²) in [5.41, 5.74) is 10.8. The van der Waals surface area contributed by atoms with Crippen molar-refractivity contribution >= 4 is 50.7 Å². The molecule has 2 aromatic heterocycles. The SMILES string of the molecule is N#Cc1c(N)sc2c1C1=C(CC2)Nc2c(N=Nc3ccccc3)c(=O)[nH]n2C1c1ccc(Cl)cc1. The Morgan fingerprint density at radius 1 is 1.11 bits per heavy atom. The molecule has 172 valence electrons. The number of H-pyrrole nitrogens is 1. The number of halogens is 1. The average Bonchev–Trinajstić information content (AvgIpc) is 3.37. The van der Waals surface area contributed by atoms with E-state index >= 15 is 0 Å². The number of hydrogen-bond acceptors (Lipinski definition) is 7. The zero-order valence-corrected chi connectivity index (χ0v) is 19.8. The number of nitrogens with zero attached hydrogens (tertiary/aromatic N) is 4. The Kier molecular flexibility index (Phi) is 5.06. The first kappa shape index (κ1) is 21.4. The van der Waals surface area contributed by atoms with Gasteiger partial charge < -0.3 is 11.1 Å². The van der Waals surface area contributed by atoms with Crippen molar-refractivity contribution in [3.05, 3.63) is 97.2 Å². The highest BCUT2D eigenvalue weighted by atomic mass is 35.5. The van der Waals surface area contributed by atoms with Crippen molar-refractivity contribution < 1.29 is 0 Å². The topological polar surface area (TPSA) is 124 Å². The van der Waals surface area contributed by atoms with Crippen LogP contribution in [-0.4, -0.2) is 9.78 Å². The quantitative estimate of drug-likeness (QED) is 0.293. The highest BCUT2D eigenvalue weighted by Gasteiger charge is 2.38. The van der Waals surface area contributed by atoms with Gasteiger partial charge in [-0.3, -0.25) is 14.6 Å². The zero-order valence-electron chi connectivity index (χ0n) is 18.2. The average molecular weight is 500 g/mol. The summed E-state index contributed by atoms with van der Waals surface area (Å²) >= 11 is 7.62. The first-order valence-corrected chi connectivity index (χ1v) is 12.1. The molecule has 4 aromatic rings. The monoisotopic (exact) mass is 499 g/mol. The standard InChI is InChI=1S/C25H18ClN7OS/c26-14-8-6-13(7-9-14)22-20-17(10-11-18-19(20)16(12-27)23(28)35-18)29-24-21(25(34)32-33(22)24)31-30-15-4-2-1-3-5-15/h1-9,22,29H,10-11,28H2,(H,32,34). The molecular weight excluding hydrogens is 482 g/mol. The Hall–Kier alpha value is -4.13. The molecule has 0 spiro atoms. The number of allylic oxidation sites excluding steroid dienone is 2. The third-order valence-electron chi connectivity index (χ3n) is 6.23. The first-order chi connectivity index (χ1) is 17.0. The number of aryl methyl sites for hydroxylation is 1. The third kappa shape index (κ3) is 3.46. The van der Waals surface area contributed by atoms with Gasteiger partial charge in [-0.1, -0.05) is 41.9 Å². The molecule has 4 N–H and O–H groups in total. The number of nitrogens with two attached hydrogens (primary N) is 1. The summed E-state index contributed by atoms with van der Waals surface area (Å²) in [6, 6.07) is 18.6. The second-order valence-electron chi connectivity index (χ2n) is 8.27. The molecule has 3 heterocycles. The molecule has 10 heteroatoms. The van der Waals surface area contributed by atoms with Gasteiger partial charge in [0.2, 0.25) is 0 Å². The normalized spacial score (nSPS) is 16.4. The van der Waals surface area contributed by atoms with Crippen LogP contribution in [0.5, 0.6) is 0 Å². The van der Waals surface area contributed by atoms with Crippen LogP contribution in [0.1, 0.15) is 34.0 Å². The Balaban J connectivity index is 1.57. The number of fused-ring (bicyclic) bond motifs is 3. The first-order valence-electron chi connectivity index (χ1n) is 10.9. The number of aromatic amines is 1. The van der Waals surface area contributed by atoms with Crippen molar-refractivity contribution in [1.82, 2.24) is 9.78 Å². The molecule has 0 radical (unpaired) electrons. The lowest BCUT2D eigenvalue weighted by Crippen LogP contribution is -2.27. The lowest BCUT2D eigenvalue weighted by atomic mass is 9.83. The van der Waals surface area contributed by atoms with E-state index in [1.807, 2.05) is 54.6 Å². The minimum atomic E-state index is -0.410. The van der Waals surface area contributed by atoms with Crippen LogP contribution in [0.25, 0.3) is 5.57 Å². The molecule has 0 bridgehead atoms. The van der Waals surface area contributed by atoms with E-state index in [0.717, 1.165) is 33.7 Å². The minimum Gasteiger partial charge on any atom is -0.389 e. The fourth-order valence-electron chi connectivity index (χ4n) is 4.71. The molecule has 1 aliphatic heterocycles. The maximum absolute atomic E-state index is 13.1. The molecule has 0 saturated heterocycles. The van der Waals surface area contributed by atoms with E-state index in [0.29, 0.717) is 33.5 Å². The van der Waals surface area contributed by atoms with Gasteiger partial charge in [-0.2, -0.15) is 10.4 Å². The zero-order chi connectivity index (χ0) is 24.1. The fraction of sp³-hybridized carbons (Fsp3) is 0.120. The van der Waals surface area contributed by atoms with Gasteiger partial charge in [-0.15, -0.1) is 16.5 Å². The van der Waals surface area contributed by atoms with Crippen molar-refractivity contribution in [1.29, 1.82) is 5.26 Å². The largest absolute Gasteiger partial charge is 0.389 e. The number of nitrogen functional groups attached to an aromatic ring is 1. The molecule has 0 saturated carbocycles. The number of azo groups is 1. The molecule has 8 nitrogen and oxygen atoms in total. The van der Waals surface area contributed by atoms with Crippen LogP contribution in [-0.2, 0) is 6.42 Å². The molecule has 6 rings (SSSR count). The summed E-state index contributed by atoms with van der Waals surface area (Å²) in [5, 5.41) is 25.9. The van der Waals surface area contributed by atoms with E-state index in [1.165, 1.54) is 11.3 Å². The smallest absolute Gasteiger partial charge is 0.294 e. The lowest BCUT2D eigenvalue weighted by Gasteiger charge is -2.34. The van der Waals surface area contributed by atoms with Crippen molar-refractivity contribution in [3.63, 3.8) is 0 Å². The Labute approximate surface area is 209 Å². The summed E-state index contributed by atoms with van der Waals surface area (Å²) in [6.07, 6.45) is 1.46. The molecule has 1 aliphatic carbocycles. The van der Waals surface area contributed by atoms with Gasteiger partial charge in [0, 0.05) is 26.7 Å². The molecule has 1 atom stereocenters. The number of aromatic nitrogens is 2. The Morgan fingerprint density at radius 3 is 2.63 bits per heavy atom. The van der Waals surface area contributed by atoms with Crippen molar-refractivity contribution in [2.75, 3.05) is 11.1 Å². The van der Waals surface area contributed by atoms with E-state index in [1.54, 1.807) is 4.68 Å². The Morgan fingerprint density at radius 2 is 1.89 bits per heavy atom. The van der Waals surface area contributed by atoms with E-state index < -0.39 is 6.04 Å². The molecule has 2 aliphatic rings. The van der Waals surface area contributed by atoms with E-state index in [2.05, 4.69) is 26.7 Å². The van der Waals surface area contributed by atoms with Crippen molar-refractivity contribution in [3.8, 4) is 6.07 Å². The summed E-state index contributed by atoms with van der Waals surface area (Å²) in [6.45, 7) is 0. The van der Waals surface area contributed by atoms with Gasteiger partial charge in [-0.25, -0.2) is 0 Å². The van der Waals surface area contributed by atoms with E-state index in [9.17, 15) is 10.1 Å². The molecule has 2 aromatic carbocycles. The van der Waals surface area contributed by atoms with Crippen LogP contribution in [0.3, 0.4) is 0 Å². The number of nitriles is 1. The third-order valence-corrected chi connectivity index (χ3v) is 7.56. The lowest BCUT2D eigenvalue weighted by molar-refractivity contribution is 0.606. The molecular formula is C25H18ClN7OS. The molecule has 35 heavy (non-hydrogen) atoms. The minimum absolute atomic E-state index is 0.190. The van der Waals surface area contributed by atoms with Crippen LogP contribution >= 0.6 is 22.9 Å². The van der Waals surface area contributed by atoms with Crippen LogP contribution in [0.2, 0.25) is 5.02 Å². The van der Waals surface area contributed by atoms with Gasteiger partial charge >= 0.3 is 0 Å². The summed E-state index contributed by atoms with van der Waals surface area (Å²) in [5.74, 6) is 0.526. The van der Waals surface area contributed by atoms with Crippen LogP contribution < -0.4 is 16.6 Å². The summed E-state index contributed by atoms with van der Waals surface area (Å²) < 4.78 is 1.76. The number of anilines is 2. The highest BCUT2D eigenvalue weighted by Crippen LogP contribution is 2.51. The van der Waals surface area contributed by atoms with E-state index in [4.69, 9.17) is 17.3 Å². The second-order valence-corrected chi connectivity index (χ2v) is 9.84. The van der Waals surface area contributed by atoms with Gasteiger partial charge in [0.15, 0.2) is 11.5 Å². The van der Waals surface area contributed by atoms with Crippen LogP contribution in [0.4, 0.5) is 22.2 Å². The van der Waals surface area contributed by atoms with Gasteiger partial charge in [0.05, 0.1) is 11.3 Å². The molecule has 1 unspecified atom stereocenters.